The molecule has 1 fully saturated rings. The topological polar surface area (TPSA) is 42.2 Å². The summed E-state index contributed by atoms with van der Waals surface area (Å²) in [6.07, 6.45) is 3.03. The van der Waals surface area contributed by atoms with E-state index in [1.807, 2.05) is 12.1 Å². The zero-order chi connectivity index (χ0) is 10.8. The van der Waals surface area contributed by atoms with Crippen LogP contribution in [-0.2, 0) is 0 Å². The molecule has 1 unspecified atom stereocenters. The zero-order valence-electron chi connectivity index (χ0n) is 8.81. The predicted octanol–water partition coefficient (Wildman–Crippen LogP) is 1.56. The van der Waals surface area contributed by atoms with Crippen molar-refractivity contribution < 1.29 is 0 Å². The van der Waals surface area contributed by atoms with E-state index in [2.05, 4.69) is 16.8 Å². The van der Waals surface area contributed by atoms with Crippen molar-refractivity contribution >= 4 is 22.9 Å². The van der Waals surface area contributed by atoms with Crippen LogP contribution < -0.4 is 10.6 Å². The SMILES string of the molecule is CC1CCN(c2ccnc(C(N)=S)c2)C1. The number of pyridine rings is 1. The Kier molecular flexibility index (Phi) is 2.86. The molecule has 15 heavy (non-hydrogen) atoms. The van der Waals surface area contributed by atoms with Crippen molar-refractivity contribution in [2.24, 2.45) is 11.7 Å². The van der Waals surface area contributed by atoms with Gasteiger partial charge < -0.3 is 10.6 Å². The van der Waals surface area contributed by atoms with E-state index < -0.39 is 0 Å². The number of rotatable bonds is 2. The average Bonchev–Trinajstić information content (AvgIpc) is 2.65. The lowest BCUT2D eigenvalue weighted by molar-refractivity contribution is 0.659. The standard InChI is InChI=1S/C11H15N3S/c1-8-3-5-14(7-8)9-2-4-13-10(6-9)11(12)15/h2,4,6,8H,3,5,7H2,1H3,(H2,12,15). The molecule has 0 saturated carbocycles. The second-order valence-corrected chi connectivity index (χ2v) is 4.54. The lowest BCUT2D eigenvalue weighted by Crippen LogP contribution is -2.20. The van der Waals surface area contributed by atoms with E-state index in [0.29, 0.717) is 10.7 Å². The Labute approximate surface area is 95.3 Å². The third kappa shape index (κ3) is 2.26. The second-order valence-electron chi connectivity index (χ2n) is 4.10. The Hall–Kier alpha value is -1.16. The summed E-state index contributed by atoms with van der Waals surface area (Å²) >= 11 is 4.92. The van der Waals surface area contributed by atoms with E-state index in [9.17, 15) is 0 Å². The van der Waals surface area contributed by atoms with Crippen LogP contribution in [0.1, 0.15) is 19.0 Å². The van der Waals surface area contributed by atoms with Crippen molar-refractivity contribution in [3.8, 4) is 0 Å². The van der Waals surface area contributed by atoms with Crippen LogP contribution in [0.3, 0.4) is 0 Å². The van der Waals surface area contributed by atoms with Crippen LogP contribution in [-0.4, -0.2) is 23.1 Å². The Balaban J connectivity index is 2.21. The molecule has 4 heteroatoms. The van der Waals surface area contributed by atoms with Gasteiger partial charge in [-0.15, -0.1) is 0 Å². The fourth-order valence-electron chi connectivity index (χ4n) is 1.92. The van der Waals surface area contributed by atoms with Gasteiger partial charge in [-0.05, 0) is 24.5 Å². The minimum atomic E-state index is 0.365. The van der Waals surface area contributed by atoms with Crippen LogP contribution in [0, 0.1) is 5.92 Å². The number of thiocarbonyl (C=S) groups is 1. The molecule has 1 saturated heterocycles. The number of hydrogen-bond acceptors (Lipinski definition) is 3. The number of nitrogens with two attached hydrogens (primary N) is 1. The molecule has 2 N–H and O–H groups in total. The summed E-state index contributed by atoms with van der Waals surface area (Å²) in [6.45, 7) is 4.50. The molecule has 1 aromatic rings. The lowest BCUT2D eigenvalue weighted by Gasteiger charge is -2.18. The van der Waals surface area contributed by atoms with Gasteiger partial charge in [-0.2, -0.15) is 0 Å². The van der Waals surface area contributed by atoms with Crippen molar-refractivity contribution in [1.82, 2.24) is 4.98 Å². The lowest BCUT2D eigenvalue weighted by atomic mass is 10.2. The number of nitrogens with zero attached hydrogens (tertiary/aromatic N) is 2. The molecular weight excluding hydrogens is 206 g/mol. The summed E-state index contributed by atoms with van der Waals surface area (Å²) in [7, 11) is 0. The van der Waals surface area contributed by atoms with Gasteiger partial charge in [0.2, 0.25) is 0 Å². The highest BCUT2D eigenvalue weighted by Gasteiger charge is 2.19. The summed E-state index contributed by atoms with van der Waals surface area (Å²) in [5, 5.41) is 0. The van der Waals surface area contributed by atoms with Gasteiger partial charge >= 0.3 is 0 Å². The van der Waals surface area contributed by atoms with E-state index in [1.165, 1.54) is 12.1 Å². The van der Waals surface area contributed by atoms with E-state index in [1.54, 1.807) is 6.20 Å². The van der Waals surface area contributed by atoms with Crippen molar-refractivity contribution in [1.29, 1.82) is 0 Å². The third-order valence-electron chi connectivity index (χ3n) is 2.78. The highest BCUT2D eigenvalue weighted by molar-refractivity contribution is 7.80. The molecule has 0 aliphatic carbocycles. The number of anilines is 1. The van der Waals surface area contributed by atoms with Gasteiger partial charge in [0.05, 0.1) is 5.69 Å². The van der Waals surface area contributed by atoms with E-state index in [-0.39, 0.29) is 0 Å². The molecule has 0 spiro atoms. The molecule has 2 rings (SSSR count). The first kappa shape index (κ1) is 10.4. The fraction of sp³-hybridized carbons (Fsp3) is 0.455. The van der Waals surface area contributed by atoms with Gasteiger partial charge in [0.25, 0.3) is 0 Å². The molecule has 1 aliphatic heterocycles. The number of hydrogen-bond donors (Lipinski definition) is 1. The van der Waals surface area contributed by atoms with Crippen molar-refractivity contribution in [3.05, 3.63) is 24.0 Å². The van der Waals surface area contributed by atoms with Crippen LogP contribution in [0.4, 0.5) is 5.69 Å². The highest BCUT2D eigenvalue weighted by atomic mass is 32.1. The predicted molar refractivity (Wildman–Crippen MR) is 66.1 cm³/mol. The molecule has 0 amide bonds. The minimum absolute atomic E-state index is 0.365. The largest absolute Gasteiger partial charge is 0.388 e. The molecule has 0 radical (unpaired) electrons. The molecule has 0 bridgehead atoms. The smallest absolute Gasteiger partial charge is 0.122 e. The summed E-state index contributed by atoms with van der Waals surface area (Å²) < 4.78 is 0. The van der Waals surface area contributed by atoms with Crippen molar-refractivity contribution in [3.63, 3.8) is 0 Å². The highest BCUT2D eigenvalue weighted by Crippen LogP contribution is 2.23. The zero-order valence-corrected chi connectivity index (χ0v) is 9.63. The van der Waals surface area contributed by atoms with Crippen molar-refractivity contribution in [2.75, 3.05) is 18.0 Å². The van der Waals surface area contributed by atoms with Crippen molar-refractivity contribution in [2.45, 2.75) is 13.3 Å². The molecule has 1 aliphatic rings. The van der Waals surface area contributed by atoms with Crippen LogP contribution >= 0.6 is 12.2 Å². The van der Waals surface area contributed by atoms with E-state index >= 15 is 0 Å². The quantitative estimate of drug-likeness (QED) is 0.770. The molecule has 3 nitrogen and oxygen atoms in total. The Morgan fingerprint density at radius 1 is 1.67 bits per heavy atom. The van der Waals surface area contributed by atoms with Gasteiger partial charge in [0.15, 0.2) is 0 Å². The average molecular weight is 221 g/mol. The van der Waals surface area contributed by atoms with E-state index in [4.69, 9.17) is 18.0 Å². The first-order valence-corrected chi connectivity index (χ1v) is 5.58. The first-order valence-electron chi connectivity index (χ1n) is 5.17. The monoisotopic (exact) mass is 221 g/mol. The summed E-state index contributed by atoms with van der Waals surface area (Å²) in [5.41, 5.74) is 7.45. The molecule has 2 heterocycles. The molecule has 1 aromatic heterocycles. The second kappa shape index (κ2) is 4.14. The third-order valence-corrected chi connectivity index (χ3v) is 2.99. The summed E-state index contributed by atoms with van der Waals surface area (Å²) in [6, 6.07) is 3.99. The van der Waals surface area contributed by atoms with Gasteiger partial charge in [-0.1, -0.05) is 19.1 Å². The number of aromatic nitrogens is 1. The summed E-state index contributed by atoms with van der Waals surface area (Å²) in [5.74, 6) is 0.770. The van der Waals surface area contributed by atoms with Gasteiger partial charge in [-0.3, -0.25) is 4.98 Å². The maximum Gasteiger partial charge on any atom is 0.122 e. The first-order chi connectivity index (χ1) is 7.16. The summed E-state index contributed by atoms with van der Waals surface area (Å²) in [4.78, 5) is 6.86. The Morgan fingerprint density at radius 3 is 3.07 bits per heavy atom. The van der Waals surface area contributed by atoms with Crippen LogP contribution in [0.15, 0.2) is 18.3 Å². The van der Waals surface area contributed by atoms with E-state index in [0.717, 1.165) is 19.0 Å². The van der Waals surface area contributed by atoms with Crippen LogP contribution in [0.5, 0.6) is 0 Å². The Morgan fingerprint density at radius 2 is 2.47 bits per heavy atom. The maximum absolute atomic E-state index is 5.56. The molecule has 80 valence electrons. The fourth-order valence-corrected chi connectivity index (χ4v) is 2.03. The molecular formula is C11H15N3S. The minimum Gasteiger partial charge on any atom is -0.388 e. The van der Waals surface area contributed by atoms with Crippen LogP contribution in [0.2, 0.25) is 0 Å². The Bertz CT molecular complexity index is 378. The molecule has 0 aromatic carbocycles. The van der Waals surface area contributed by atoms with Gasteiger partial charge in [-0.25, -0.2) is 0 Å². The van der Waals surface area contributed by atoms with Crippen LogP contribution in [0.25, 0.3) is 0 Å². The van der Waals surface area contributed by atoms with Gasteiger partial charge in [0.1, 0.15) is 4.99 Å². The van der Waals surface area contributed by atoms with Gasteiger partial charge in [0, 0.05) is 25.0 Å². The molecule has 1 atom stereocenters. The maximum atomic E-state index is 5.56. The normalized spacial score (nSPS) is 20.6.